The van der Waals surface area contributed by atoms with E-state index >= 15 is 0 Å². The number of aryl methyl sites for hydroxylation is 1. The standard InChI is InChI=1S/C17H15F3N2O2/c1-10-5-3-4-6-12(10)9-21-24-11(2)17(23)22-14-8-7-13(18)15(19)16(14)20/h3-9,11H,1-2H3,(H,22,23)/b21-9+. The van der Waals surface area contributed by atoms with Crippen molar-refractivity contribution in [2.75, 3.05) is 5.32 Å². The lowest BCUT2D eigenvalue weighted by molar-refractivity contribution is -0.126. The van der Waals surface area contributed by atoms with Crippen LogP contribution in [0.3, 0.4) is 0 Å². The van der Waals surface area contributed by atoms with Gasteiger partial charge in [0.25, 0.3) is 5.91 Å². The average Bonchev–Trinajstić information content (AvgIpc) is 2.57. The summed E-state index contributed by atoms with van der Waals surface area (Å²) in [4.78, 5) is 16.9. The molecular weight excluding hydrogens is 321 g/mol. The van der Waals surface area contributed by atoms with Gasteiger partial charge in [0.05, 0.1) is 11.9 Å². The number of hydrogen-bond acceptors (Lipinski definition) is 3. The highest BCUT2D eigenvalue weighted by Crippen LogP contribution is 2.19. The van der Waals surface area contributed by atoms with Gasteiger partial charge in [0, 0.05) is 0 Å². The summed E-state index contributed by atoms with van der Waals surface area (Å²) in [7, 11) is 0. The van der Waals surface area contributed by atoms with E-state index in [0.29, 0.717) is 0 Å². The lowest BCUT2D eigenvalue weighted by Crippen LogP contribution is -2.27. The van der Waals surface area contributed by atoms with Crippen molar-refractivity contribution in [1.82, 2.24) is 0 Å². The highest BCUT2D eigenvalue weighted by molar-refractivity contribution is 5.94. The molecule has 2 rings (SSSR count). The third-order valence-electron chi connectivity index (χ3n) is 3.26. The molecule has 1 atom stereocenters. The summed E-state index contributed by atoms with van der Waals surface area (Å²) in [5.74, 6) is -5.21. The molecule has 4 nitrogen and oxygen atoms in total. The molecule has 0 heterocycles. The Labute approximate surface area is 136 Å². The number of carbonyl (C=O) groups is 1. The molecule has 2 aromatic rings. The van der Waals surface area contributed by atoms with E-state index in [1.807, 2.05) is 31.2 Å². The van der Waals surface area contributed by atoms with Crippen molar-refractivity contribution in [2.24, 2.45) is 5.16 Å². The number of rotatable bonds is 5. The monoisotopic (exact) mass is 336 g/mol. The van der Waals surface area contributed by atoms with Crippen LogP contribution in [0.15, 0.2) is 41.6 Å². The zero-order valence-corrected chi connectivity index (χ0v) is 13.0. The molecule has 0 fully saturated rings. The third-order valence-corrected chi connectivity index (χ3v) is 3.26. The number of oxime groups is 1. The molecule has 1 unspecified atom stereocenters. The fourth-order valence-corrected chi connectivity index (χ4v) is 1.81. The first-order valence-electron chi connectivity index (χ1n) is 7.09. The van der Waals surface area contributed by atoms with E-state index in [2.05, 4.69) is 10.5 Å². The van der Waals surface area contributed by atoms with E-state index in [1.54, 1.807) is 0 Å². The van der Waals surface area contributed by atoms with Gasteiger partial charge in [-0.15, -0.1) is 0 Å². The van der Waals surface area contributed by atoms with Gasteiger partial charge in [-0.3, -0.25) is 4.79 Å². The Hall–Kier alpha value is -2.83. The molecular formula is C17H15F3N2O2. The van der Waals surface area contributed by atoms with E-state index in [-0.39, 0.29) is 0 Å². The summed E-state index contributed by atoms with van der Waals surface area (Å²) in [6.07, 6.45) is 0.384. The SMILES string of the molecule is Cc1ccccc1/C=N/OC(C)C(=O)Nc1ccc(F)c(F)c1F. The lowest BCUT2D eigenvalue weighted by Gasteiger charge is -2.11. The van der Waals surface area contributed by atoms with Crippen LogP contribution < -0.4 is 5.32 Å². The Balaban J connectivity index is 1.98. The summed E-state index contributed by atoms with van der Waals surface area (Å²) < 4.78 is 39.5. The third kappa shape index (κ3) is 4.13. The molecule has 2 aromatic carbocycles. The highest BCUT2D eigenvalue weighted by Gasteiger charge is 2.19. The largest absolute Gasteiger partial charge is 0.383 e. The number of carbonyl (C=O) groups excluding carboxylic acids is 1. The fraction of sp³-hybridized carbons (Fsp3) is 0.176. The van der Waals surface area contributed by atoms with Gasteiger partial charge in [-0.2, -0.15) is 0 Å². The average molecular weight is 336 g/mol. The van der Waals surface area contributed by atoms with E-state index in [4.69, 9.17) is 4.84 Å². The Kier molecular flexibility index (Phi) is 5.57. The zero-order valence-electron chi connectivity index (χ0n) is 13.0. The Morgan fingerprint density at radius 2 is 1.88 bits per heavy atom. The first-order chi connectivity index (χ1) is 11.4. The van der Waals surface area contributed by atoms with Crippen LogP contribution in [0, 0.1) is 24.4 Å². The second-order valence-corrected chi connectivity index (χ2v) is 5.05. The molecule has 0 bridgehead atoms. The number of anilines is 1. The fourth-order valence-electron chi connectivity index (χ4n) is 1.81. The van der Waals surface area contributed by atoms with Crippen molar-refractivity contribution >= 4 is 17.8 Å². The minimum absolute atomic E-state index is 0.475. The lowest BCUT2D eigenvalue weighted by atomic mass is 10.1. The van der Waals surface area contributed by atoms with Crippen LogP contribution in [0.2, 0.25) is 0 Å². The number of nitrogens with zero attached hydrogens (tertiary/aromatic N) is 1. The van der Waals surface area contributed by atoms with Gasteiger partial charge in [0.2, 0.25) is 6.10 Å². The number of halogens is 3. The molecule has 126 valence electrons. The van der Waals surface area contributed by atoms with Crippen LogP contribution in [0.4, 0.5) is 18.9 Å². The normalized spacial score (nSPS) is 12.2. The number of benzene rings is 2. The Morgan fingerprint density at radius 3 is 2.58 bits per heavy atom. The maximum Gasteiger partial charge on any atom is 0.268 e. The maximum absolute atomic E-state index is 13.5. The highest BCUT2D eigenvalue weighted by atomic mass is 19.2. The van der Waals surface area contributed by atoms with Crippen LogP contribution in [0.25, 0.3) is 0 Å². The van der Waals surface area contributed by atoms with Crippen molar-refractivity contribution in [3.8, 4) is 0 Å². The van der Waals surface area contributed by atoms with Crippen LogP contribution in [0.5, 0.6) is 0 Å². The zero-order chi connectivity index (χ0) is 17.7. The minimum atomic E-state index is -1.65. The van der Waals surface area contributed by atoms with Crippen LogP contribution in [-0.2, 0) is 9.63 Å². The summed E-state index contributed by atoms with van der Waals surface area (Å²) in [6.45, 7) is 3.28. The topological polar surface area (TPSA) is 50.7 Å². The first kappa shape index (κ1) is 17.5. The summed E-state index contributed by atoms with van der Waals surface area (Å²) in [6, 6.07) is 9.06. The van der Waals surface area contributed by atoms with Gasteiger partial charge in [-0.05, 0) is 37.1 Å². The first-order valence-corrected chi connectivity index (χ1v) is 7.09. The van der Waals surface area contributed by atoms with E-state index in [0.717, 1.165) is 23.3 Å². The quantitative estimate of drug-likeness (QED) is 0.513. The van der Waals surface area contributed by atoms with Gasteiger partial charge >= 0.3 is 0 Å². The van der Waals surface area contributed by atoms with Gasteiger partial charge in [0.15, 0.2) is 17.5 Å². The molecule has 0 radical (unpaired) electrons. The molecule has 0 saturated heterocycles. The Bertz CT molecular complexity index is 778. The van der Waals surface area contributed by atoms with Crippen molar-refractivity contribution in [3.05, 3.63) is 65.0 Å². The number of amides is 1. The number of nitrogens with one attached hydrogen (secondary N) is 1. The predicted molar refractivity (Wildman–Crippen MR) is 84.3 cm³/mol. The molecule has 0 spiro atoms. The van der Waals surface area contributed by atoms with Gasteiger partial charge < -0.3 is 10.2 Å². The van der Waals surface area contributed by atoms with E-state index in [1.165, 1.54) is 13.1 Å². The molecule has 1 amide bonds. The summed E-state index contributed by atoms with van der Waals surface area (Å²) in [5, 5.41) is 5.82. The van der Waals surface area contributed by atoms with Crippen LogP contribution in [-0.4, -0.2) is 18.2 Å². The minimum Gasteiger partial charge on any atom is -0.383 e. The smallest absolute Gasteiger partial charge is 0.268 e. The van der Waals surface area contributed by atoms with Gasteiger partial charge in [-0.25, -0.2) is 13.2 Å². The number of hydrogen-bond donors (Lipinski definition) is 1. The second kappa shape index (κ2) is 7.63. The molecule has 1 N–H and O–H groups in total. The van der Waals surface area contributed by atoms with Crippen molar-refractivity contribution in [1.29, 1.82) is 0 Å². The molecule has 0 saturated carbocycles. The second-order valence-electron chi connectivity index (χ2n) is 5.05. The molecule has 7 heteroatoms. The van der Waals surface area contributed by atoms with E-state index in [9.17, 15) is 18.0 Å². The molecule has 0 aromatic heterocycles. The van der Waals surface area contributed by atoms with Crippen molar-refractivity contribution < 1.29 is 22.8 Å². The molecule has 0 aliphatic rings. The maximum atomic E-state index is 13.5. The Morgan fingerprint density at radius 1 is 1.17 bits per heavy atom. The van der Waals surface area contributed by atoms with Gasteiger partial charge in [-0.1, -0.05) is 29.4 Å². The molecule has 0 aliphatic carbocycles. The van der Waals surface area contributed by atoms with Crippen molar-refractivity contribution in [2.45, 2.75) is 20.0 Å². The van der Waals surface area contributed by atoms with Crippen LogP contribution >= 0.6 is 0 Å². The predicted octanol–water partition coefficient (Wildman–Crippen LogP) is 3.79. The summed E-state index contributed by atoms with van der Waals surface area (Å²) in [5.41, 5.74) is 1.32. The van der Waals surface area contributed by atoms with Gasteiger partial charge in [0.1, 0.15) is 0 Å². The van der Waals surface area contributed by atoms with E-state index < -0.39 is 35.2 Å². The summed E-state index contributed by atoms with van der Waals surface area (Å²) >= 11 is 0. The molecule has 0 aliphatic heterocycles. The van der Waals surface area contributed by atoms with Crippen molar-refractivity contribution in [3.63, 3.8) is 0 Å². The molecule has 24 heavy (non-hydrogen) atoms. The van der Waals surface area contributed by atoms with Crippen LogP contribution in [0.1, 0.15) is 18.1 Å².